The van der Waals surface area contributed by atoms with Gasteiger partial charge in [0.05, 0.1) is 14.2 Å². The molecule has 0 N–H and O–H groups in total. The Hall–Kier alpha value is -2.12. The molecule has 2 aromatic carbocycles. The summed E-state index contributed by atoms with van der Waals surface area (Å²) in [7, 11) is 3.11. The van der Waals surface area contributed by atoms with Gasteiger partial charge >= 0.3 is 0 Å². The second kappa shape index (κ2) is 8.71. The van der Waals surface area contributed by atoms with Gasteiger partial charge in [0.15, 0.2) is 11.5 Å². The first-order valence-electron chi connectivity index (χ1n) is 8.69. The molecule has 0 bridgehead atoms. The molecule has 0 spiro atoms. The van der Waals surface area contributed by atoms with Gasteiger partial charge in [0, 0.05) is 48.3 Å². The van der Waals surface area contributed by atoms with Crippen molar-refractivity contribution in [2.45, 2.75) is 6.54 Å². The first-order chi connectivity index (χ1) is 13.0. The standard InChI is InChI=1S/C20H22BrFN2O3/c1-26-18-6-3-14(12-19(18)27-2)20(25)24-9-7-23(8-10-24)13-15-11-16(21)4-5-17(15)22/h3-6,11-12H,7-10,13H2,1-2H3. The minimum atomic E-state index is -0.206. The van der Waals surface area contributed by atoms with E-state index in [1.54, 1.807) is 44.6 Å². The van der Waals surface area contributed by atoms with Crippen LogP contribution in [0.5, 0.6) is 11.5 Å². The SMILES string of the molecule is COc1ccc(C(=O)N2CCN(Cc3cc(Br)ccc3F)CC2)cc1OC. The van der Waals surface area contributed by atoms with Crippen molar-refractivity contribution in [3.05, 3.63) is 57.8 Å². The van der Waals surface area contributed by atoms with Gasteiger partial charge in [-0.2, -0.15) is 0 Å². The Balaban J connectivity index is 1.62. The molecule has 0 aliphatic carbocycles. The summed E-state index contributed by atoms with van der Waals surface area (Å²) in [5.41, 5.74) is 1.23. The number of carbonyl (C=O) groups excluding carboxylic acids is 1. The summed E-state index contributed by atoms with van der Waals surface area (Å²) < 4.78 is 25.3. The van der Waals surface area contributed by atoms with Crippen molar-refractivity contribution in [2.24, 2.45) is 0 Å². The third-order valence-electron chi connectivity index (χ3n) is 4.69. The molecule has 0 saturated carbocycles. The fourth-order valence-corrected chi connectivity index (χ4v) is 3.57. The van der Waals surface area contributed by atoms with Crippen LogP contribution in [0.2, 0.25) is 0 Å². The maximum Gasteiger partial charge on any atom is 0.254 e. The molecule has 7 heteroatoms. The molecule has 0 atom stereocenters. The second-order valence-electron chi connectivity index (χ2n) is 6.37. The normalized spacial score (nSPS) is 14.9. The second-order valence-corrected chi connectivity index (χ2v) is 7.29. The molecule has 2 aromatic rings. The molecule has 3 rings (SSSR count). The van der Waals surface area contributed by atoms with Crippen molar-refractivity contribution in [2.75, 3.05) is 40.4 Å². The fraction of sp³-hybridized carbons (Fsp3) is 0.350. The van der Waals surface area contributed by atoms with Crippen LogP contribution in [-0.4, -0.2) is 56.1 Å². The van der Waals surface area contributed by atoms with Gasteiger partial charge < -0.3 is 14.4 Å². The quantitative estimate of drug-likeness (QED) is 0.718. The zero-order chi connectivity index (χ0) is 19.4. The summed E-state index contributed by atoms with van der Waals surface area (Å²) in [4.78, 5) is 16.7. The summed E-state index contributed by atoms with van der Waals surface area (Å²) in [6.07, 6.45) is 0. The Morgan fingerprint density at radius 2 is 1.74 bits per heavy atom. The van der Waals surface area contributed by atoms with E-state index in [0.29, 0.717) is 55.3 Å². The van der Waals surface area contributed by atoms with Crippen molar-refractivity contribution in [3.8, 4) is 11.5 Å². The molecular weight excluding hydrogens is 415 g/mol. The molecule has 1 amide bonds. The largest absolute Gasteiger partial charge is 0.493 e. The highest BCUT2D eigenvalue weighted by atomic mass is 79.9. The minimum absolute atomic E-state index is 0.0377. The lowest BCUT2D eigenvalue weighted by molar-refractivity contribution is 0.0626. The Bertz CT molecular complexity index is 823. The molecule has 1 aliphatic heterocycles. The molecule has 144 valence electrons. The van der Waals surface area contributed by atoms with Crippen molar-refractivity contribution in [1.29, 1.82) is 0 Å². The molecule has 0 unspecified atom stereocenters. The number of piperazine rings is 1. The van der Waals surface area contributed by atoms with E-state index < -0.39 is 0 Å². The van der Waals surface area contributed by atoms with Gasteiger partial charge in [0.1, 0.15) is 5.82 Å². The lowest BCUT2D eigenvalue weighted by atomic mass is 10.1. The third-order valence-corrected chi connectivity index (χ3v) is 5.18. The number of ether oxygens (including phenoxy) is 2. The van der Waals surface area contributed by atoms with Crippen LogP contribution in [0.3, 0.4) is 0 Å². The molecule has 1 saturated heterocycles. The molecule has 1 fully saturated rings. The number of halogens is 2. The highest BCUT2D eigenvalue weighted by Gasteiger charge is 2.23. The number of methoxy groups -OCH3 is 2. The van der Waals surface area contributed by atoms with Crippen molar-refractivity contribution >= 4 is 21.8 Å². The van der Waals surface area contributed by atoms with E-state index in [1.165, 1.54) is 6.07 Å². The molecule has 0 aromatic heterocycles. The van der Waals surface area contributed by atoms with Crippen LogP contribution in [0.4, 0.5) is 4.39 Å². The number of carbonyl (C=O) groups is 1. The summed E-state index contributed by atoms with van der Waals surface area (Å²) >= 11 is 3.38. The van der Waals surface area contributed by atoms with E-state index in [-0.39, 0.29) is 11.7 Å². The van der Waals surface area contributed by atoms with E-state index >= 15 is 0 Å². The fourth-order valence-electron chi connectivity index (χ4n) is 3.17. The first-order valence-corrected chi connectivity index (χ1v) is 9.48. The van der Waals surface area contributed by atoms with E-state index in [9.17, 15) is 9.18 Å². The van der Waals surface area contributed by atoms with Gasteiger partial charge in [-0.15, -0.1) is 0 Å². The number of rotatable bonds is 5. The summed E-state index contributed by atoms with van der Waals surface area (Å²) in [6, 6.07) is 10.1. The van der Waals surface area contributed by atoms with Crippen LogP contribution in [0.15, 0.2) is 40.9 Å². The molecule has 27 heavy (non-hydrogen) atoms. The number of benzene rings is 2. The van der Waals surface area contributed by atoms with Gasteiger partial charge in [-0.1, -0.05) is 15.9 Å². The van der Waals surface area contributed by atoms with Crippen LogP contribution in [0.1, 0.15) is 15.9 Å². The summed E-state index contributed by atoms with van der Waals surface area (Å²) in [5, 5.41) is 0. The molecule has 1 heterocycles. The Morgan fingerprint density at radius 3 is 2.41 bits per heavy atom. The van der Waals surface area contributed by atoms with E-state index in [0.717, 1.165) is 4.47 Å². The number of hydrogen-bond acceptors (Lipinski definition) is 4. The first kappa shape index (κ1) is 19.6. The minimum Gasteiger partial charge on any atom is -0.493 e. The monoisotopic (exact) mass is 436 g/mol. The van der Waals surface area contributed by atoms with Crippen molar-refractivity contribution < 1.29 is 18.7 Å². The van der Waals surface area contributed by atoms with E-state index in [1.807, 2.05) is 4.90 Å². The van der Waals surface area contributed by atoms with Gasteiger partial charge in [-0.05, 0) is 36.4 Å². The highest BCUT2D eigenvalue weighted by Crippen LogP contribution is 2.28. The van der Waals surface area contributed by atoms with E-state index in [2.05, 4.69) is 20.8 Å². The van der Waals surface area contributed by atoms with Crippen LogP contribution in [0.25, 0.3) is 0 Å². The lowest BCUT2D eigenvalue weighted by Gasteiger charge is -2.35. The Morgan fingerprint density at radius 1 is 1.04 bits per heavy atom. The molecule has 5 nitrogen and oxygen atoms in total. The molecule has 1 aliphatic rings. The number of amides is 1. The zero-order valence-corrected chi connectivity index (χ0v) is 17.0. The summed E-state index contributed by atoms with van der Waals surface area (Å²) in [6.45, 7) is 3.13. The van der Waals surface area contributed by atoms with Gasteiger partial charge in [-0.3, -0.25) is 9.69 Å². The highest BCUT2D eigenvalue weighted by molar-refractivity contribution is 9.10. The zero-order valence-electron chi connectivity index (χ0n) is 15.4. The van der Waals surface area contributed by atoms with Gasteiger partial charge in [0.25, 0.3) is 5.91 Å². The van der Waals surface area contributed by atoms with Crippen LogP contribution in [0, 0.1) is 5.82 Å². The Labute approximate surface area is 166 Å². The molecular formula is C20H22BrFN2O3. The maximum atomic E-state index is 13.9. The van der Waals surface area contributed by atoms with E-state index in [4.69, 9.17) is 9.47 Å². The number of nitrogens with zero attached hydrogens (tertiary/aromatic N) is 2. The predicted octanol–water partition coefficient (Wildman–Crippen LogP) is 3.56. The smallest absolute Gasteiger partial charge is 0.254 e. The average molecular weight is 437 g/mol. The van der Waals surface area contributed by atoms with Crippen LogP contribution in [-0.2, 0) is 6.54 Å². The third kappa shape index (κ3) is 4.59. The van der Waals surface area contributed by atoms with Gasteiger partial charge in [0.2, 0.25) is 0 Å². The number of hydrogen-bond donors (Lipinski definition) is 0. The topological polar surface area (TPSA) is 42.0 Å². The van der Waals surface area contributed by atoms with Crippen molar-refractivity contribution in [1.82, 2.24) is 9.80 Å². The lowest BCUT2D eigenvalue weighted by Crippen LogP contribution is -2.48. The van der Waals surface area contributed by atoms with Gasteiger partial charge in [-0.25, -0.2) is 4.39 Å². The van der Waals surface area contributed by atoms with Crippen molar-refractivity contribution in [3.63, 3.8) is 0 Å². The summed E-state index contributed by atoms with van der Waals surface area (Å²) in [5.74, 6) is 0.883. The van der Waals surface area contributed by atoms with Crippen LogP contribution < -0.4 is 9.47 Å². The Kier molecular flexibility index (Phi) is 6.34. The van der Waals surface area contributed by atoms with Crippen LogP contribution >= 0.6 is 15.9 Å². The molecule has 0 radical (unpaired) electrons. The maximum absolute atomic E-state index is 13.9. The average Bonchev–Trinajstić information content (AvgIpc) is 2.70. The predicted molar refractivity (Wildman–Crippen MR) is 105 cm³/mol.